The maximum Gasteiger partial charge on any atom is 0.0432 e. The Morgan fingerprint density at radius 3 is 2.31 bits per heavy atom. The maximum absolute atomic E-state index is 6.14. The van der Waals surface area contributed by atoms with Gasteiger partial charge in [-0.25, -0.2) is 4.31 Å². The van der Waals surface area contributed by atoms with E-state index in [0.29, 0.717) is 10.0 Å². The third-order valence-corrected chi connectivity index (χ3v) is 6.56. The summed E-state index contributed by atoms with van der Waals surface area (Å²) < 4.78 is 2.40. The molecule has 0 amide bonds. The molecular weight excluding hydrogens is 385 g/mol. The summed E-state index contributed by atoms with van der Waals surface area (Å²) in [6.07, 6.45) is 1.08. The second-order valence-electron chi connectivity index (χ2n) is 7.05. The van der Waals surface area contributed by atoms with Gasteiger partial charge in [-0.3, -0.25) is 0 Å². The third kappa shape index (κ3) is 4.32. The van der Waals surface area contributed by atoms with E-state index >= 15 is 0 Å². The van der Waals surface area contributed by atoms with E-state index in [1.807, 2.05) is 12.1 Å². The van der Waals surface area contributed by atoms with E-state index in [1.54, 1.807) is 18.0 Å². The van der Waals surface area contributed by atoms with Crippen LogP contribution in [0.3, 0.4) is 0 Å². The van der Waals surface area contributed by atoms with E-state index < -0.39 is 0 Å². The minimum Gasteiger partial charge on any atom is -0.369 e. The molecule has 2 aromatic carbocycles. The second kappa shape index (κ2) is 7.99. The van der Waals surface area contributed by atoms with Gasteiger partial charge in [-0.15, -0.1) is 0 Å². The van der Waals surface area contributed by atoms with Crippen molar-refractivity contribution in [3.8, 4) is 0 Å². The predicted octanol–water partition coefficient (Wildman–Crippen LogP) is 4.81. The zero-order valence-corrected chi connectivity index (χ0v) is 17.2. The molecule has 1 fully saturated rings. The Kier molecular flexibility index (Phi) is 5.67. The lowest BCUT2D eigenvalue weighted by Crippen LogP contribution is -2.44. The van der Waals surface area contributed by atoms with E-state index in [-0.39, 0.29) is 0 Å². The topological polar surface area (TPSA) is 9.72 Å². The molecule has 26 heavy (non-hydrogen) atoms. The smallest absolute Gasteiger partial charge is 0.0432 e. The average Bonchev–Trinajstić information content (AvgIpc) is 2.61. The van der Waals surface area contributed by atoms with Crippen LogP contribution >= 0.6 is 35.1 Å². The first-order chi connectivity index (χ1) is 12.6. The molecule has 0 aromatic heterocycles. The normalized spacial score (nSPS) is 18.8. The second-order valence-corrected chi connectivity index (χ2v) is 9.10. The molecule has 3 nitrogen and oxygen atoms in total. The first kappa shape index (κ1) is 18.5. The SMILES string of the molecule is CN1CCN(c2ccc3c(c2)CN(Sc2cc(Cl)cc(Cl)c2)CC3)CC1. The Balaban J connectivity index is 1.47. The summed E-state index contributed by atoms with van der Waals surface area (Å²) >= 11 is 14.0. The number of piperazine rings is 1. The Bertz CT molecular complexity index is 770. The molecule has 4 rings (SSSR count). The number of benzene rings is 2. The summed E-state index contributed by atoms with van der Waals surface area (Å²) in [6.45, 7) is 6.47. The summed E-state index contributed by atoms with van der Waals surface area (Å²) in [7, 11) is 2.20. The number of fused-ring (bicyclic) bond motifs is 1. The van der Waals surface area contributed by atoms with Crippen LogP contribution in [0.15, 0.2) is 41.3 Å². The number of hydrogen-bond donors (Lipinski definition) is 0. The molecule has 0 atom stereocenters. The van der Waals surface area contributed by atoms with Crippen LogP contribution in [0.5, 0.6) is 0 Å². The summed E-state index contributed by atoms with van der Waals surface area (Å²) in [5, 5.41) is 1.38. The van der Waals surface area contributed by atoms with Gasteiger partial charge in [0.2, 0.25) is 0 Å². The van der Waals surface area contributed by atoms with Crippen molar-refractivity contribution in [1.29, 1.82) is 0 Å². The Morgan fingerprint density at radius 1 is 0.846 bits per heavy atom. The molecule has 0 saturated carbocycles. The van der Waals surface area contributed by atoms with Gasteiger partial charge >= 0.3 is 0 Å². The molecule has 6 heteroatoms. The summed E-state index contributed by atoms with van der Waals surface area (Å²) in [6, 6.07) is 12.7. The van der Waals surface area contributed by atoms with E-state index in [4.69, 9.17) is 23.2 Å². The van der Waals surface area contributed by atoms with Gasteiger partial charge in [-0.05, 0) is 66.9 Å². The van der Waals surface area contributed by atoms with Gasteiger partial charge in [0.15, 0.2) is 0 Å². The first-order valence-corrected chi connectivity index (χ1v) is 10.5. The molecule has 2 aliphatic rings. The number of halogens is 2. The van der Waals surface area contributed by atoms with E-state index in [9.17, 15) is 0 Å². The molecule has 2 aliphatic heterocycles. The molecule has 0 N–H and O–H groups in total. The van der Waals surface area contributed by atoms with Crippen molar-refractivity contribution in [2.75, 3.05) is 44.7 Å². The van der Waals surface area contributed by atoms with Crippen LogP contribution in [0, 0.1) is 0 Å². The highest BCUT2D eigenvalue weighted by Crippen LogP contribution is 2.33. The van der Waals surface area contributed by atoms with Crippen molar-refractivity contribution in [1.82, 2.24) is 9.21 Å². The van der Waals surface area contributed by atoms with Gasteiger partial charge in [0.1, 0.15) is 0 Å². The van der Waals surface area contributed by atoms with E-state index in [1.165, 1.54) is 16.8 Å². The van der Waals surface area contributed by atoms with Gasteiger partial charge in [-0.1, -0.05) is 29.3 Å². The van der Waals surface area contributed by atoms with Gasteiger partial charge < -0.3 is 9.80 Å². The minimum atomic E-state index is 0.690. The molecule has 1 saturated heterocycles. The number of hydrogen-bond acceptors (Lipinski definition) is 4. The Morgan fingerprint density at radius 2 is 1.58 bits per heavy atom. The molecule has 0 spiro atoms. The van der Waals surface area contributed by atoms with Gasteiger partial charge in [0, 0.05) is 59.9 Å². The Labute approximate surface area is 170 Å². The van der Waals surface area contributed by atoms with Crippen molar-refractivity contribution in [3.63, 3.8) is 0 Å². The molecule has 2 aromatic rings. The number of anilines is 1. The van der Waals surface area contributed by atoms with E-state index in [0.717, 1.165) is 50.6 Å². The minimum absolute atomic E-state index is 0.690. The van der Waals surface area contributed by atoms with Crippen LogP contribution in [0.1, 0.15) is 11.1 Å². The van der Waals surface area contributed by atoms with Gasteiger partial charge in [0.25, 0.3) is 0 Å². The average molecular weight is 408 g/mol. The van der Waals surface area contributed by atoms with Crippen LogP contribution in [0.25, 0.3) is 0 Å². The predicted molar refractivity (Wildman–Crippen MR) is 113 cm³/mol. The summed E-state index contributed by atoms with van der Waals surface area (Å²) in [5.41, 5.74) is 4.27. The molecule has 0 bridgehead atoms. The Hall–Kier alpha value is -0.910. The lowest BCUT2D eigenvalue weighted by Gasteiger charge is -2.35. The highest BCUT2D eigenvalue weighted by Gasteiger charge is 2.20. The van der Waals surface area contributed by atoms with E-state index in [2.05, 4.69) is 39.4 Å². The molecule has 0 unspecified atom stereocenters. The van der Waals surface area contributed by atoms with Crippen LogP contribution in [-0.2, 0) is 13.0 Å². The molecular formula is C20H23Cl2N3S. The van der Waals surface area contributed by atoms with Gasteiger partial charge in [0.05, 0.1) is 0 Å². The van der Waals surface area contributed by atoms with Crippen molar-refractivity contribution in [3.05, 3.63) is 57.6 Å². The fourth-order valence-electron chi connectivity index (χ4n) is 3.59. The lowest BCUT2D eigenvalue weighted by molar-refractivity contribution is 0.313. The van der Waals surface area contributed by atoms with Crippen LogP contribution in [0.4, 0.5) is 5.69 Å². The quantitative estimate of drug-likeness (QED) is 0.674. The third-order valence-electron chi connectivity index (χ3n) is 5.11. The first-order valence-electron chi connectivity index (χ1n) is 9.01. The van der Waals surface area contributed by atoms with Crippen LogP contribution in [0.2, 0.25) is 10.0 Å². The zero-order valence-electron chi connectivity index (χ0n) is 14.9. The fraction of sp³-hybridized carbons (Fsp3) is 0.400. The number of likely N-dealkylation sites (N-methyl/N-ethyl adjacent to an activating group) is 1. The number of rotatable bonds is 3. The zero-order chi connectivity index (χ0) is 18.1. The van der Waals surface area contributed by atoms with Crippen LogP contribution in [-0.4, -0.2) is 49.0 Å². The molecule has 2 heterocycles. The monoisotopic (exact) mass is 407 g/mol. The van der Waals surface area contributed by atoms with Crippen LogP contribution < -0.4 is 4.90 Å². The highest BCUT2D eigenvalue weighted by molar-refractivity contribution is 7.97. The van der Waals surface area contributed by atoms with Crippen molar-refractivity contribution >= 4 is 40.8 Å². The largest absolute Gasteiger partial charge is 0.369 e. The summed E-state index contributed by atoms with van der Waals surface area (Å²) in [5.74, 6) is 0. The van der Waals surface area contributed by atoms with Crippen molar-refractivity contribution in [2.24, 2.45) is 0 Å². The lowest BCUT2D eigenvalue weighted by atomic mass is 10.00. The van der Waals surface area contributed by atoms with Gasteiger partial charge in [-0.2, -0.15) is 0 Å². The molecule has 0 radical (unpaired) electrons. The van der Waals surface area contributed by atoms with Crippen molar-refractivity contribution in [2.45, 2.75) is 17.9 Å². The maximum atomic E-state index is 6.14. The standard InChI is InChI=1S/C20H23Cl2N3S/c1-23-6-8-24(9-7-23)19-3-2-15-4-5-25(14-16(15)10-19)26-20-12-17(21)11-18(22)13-20/h2-3,10-13H,4-9,14H2,1H3. The molecule has 0 aliphatic carbocycles. The van der Waals surface area contributed by atoms with Crippen molar-refractivity contribution < 1.29 is 0 Å². The number of nitrogens with zero attached hydrogens (tertiary/aromatic N) is 3. The molecule has 138 valence electrons. The fourth-order valence-corrected chi connectivity index (χ4v) is 5.29. The summed E-state index contributed by atoms with van der Waals surface area (Å²) in [4.78, 5) is 5.99. The highest BCUT2D eigenvalue weighted by atomic mass is 35.5.